The Balaban J connectivity index is 2.05. The van der Waals surface area contributed by atoms with Crippen molar-refractivity contribution in [2.24, 2.45) is 5.84 Å². The minimum atomic E-state index is 0.543. The molecule has 0 unspecified atom stereocenters. The molecule has 0 aromatic heterocycles. The van der Waals surface area contributed by atoms with Crippen LogP contribution >= 0.6 is 0 Å². The zero-order valence-electron chi connectivity index (χ0n) is 9.45. The summed E-state index contributed by atoms with van der Waals surface area (Å²) in [5.74, 6) is 6.15. The standard InChI is InChI=1S/C13H20N2/c1-11-7-9-13(10-8-11)15(14)12-5-3-2-4-6-12/h7-10,12H,2-6,14H2,1H3. The fourth-order valence-corrected chi connectivity index (χ4v) is 2.29. The lowest BCUT2D eigenvalue weighted by molar-refractivity contribution is 0.418. The van der Waals surface area contributed by atoms with Crippen LogP contribution in [0.4, 0.5) is 5.69 Å². The lowest BCUT2D eigenvalue weighted by atomic mass is 9.95. The highest BCUT2D eigenvalue weighted by Gasteiger charge is 2.18. The molecular formula is C13H20N2. The number of anilines is 1. The zero-order valence-corrected chi connectivity index (χ0v) is 9.45. The number of hydrazine groups is 1. The maximum absolute atomic E-state index is 6.15. The second-order valence-electron chi connectivity index (χ2n) is 4.53. The van der Waals surface area contributed by atoms with E-state index in [9.17, 15) is 0 Å². The van der Waals surface area contributed by atoms with Crippen LogP contribution in [-0.4, -0.2) is 6.04 Å². The average molecular weight is 204 g/mol. The highest BCUT2D eigenvalue weighted by Crippen LogP contribution is 2.24. The summed E-state index contributed by atoms with van der Waals surface area (Å²) < 4.78 is 0. The molecule has 2 rings (SSSR count). The molecule has 2 heteroatoms. The van der Waals surface area contributed by atoms with Gasteiger partial charge in [-0.1, -0.05) is 37.0 Å². The molecule has 1 aromatic carbocycles. The Labute approximate surface area is 92.1 Å². The molecule has 0 spiro atoms. The van der Waals surface area contributed by atoms with Crippen molar-refractivity contribution in [3.05, 3.63) is 29.8 Å². The summed E-state index contributed by atoms with van der Waals surface area (Å²) in [4.78, 5) is 0. The van der Waals surface area contributed by atoms with Gasteiger partial charge in [0, 0.05) is 6.04 Å². The van der Waals surface area contributed by atoms with Gasteiger partial charge in [0.05, 0.1) is 5.69 Å². The van der Waals surface area contributed by atoms with E-state index >= 15 is 0 Å². The first-order valence-corrected chi connectivity index (χ1v) is 5.88. The Bertz CT molecular complexity index is 299. The van der Waals surface area contributed by atoms with Crippen molar-refractivity contribution in [3.63, 3.8) is 0 Å². The van der Waals surface area contributed by atoms with Crippen molar-refractivity contribution in [2.45, 2.75) is 45.1 Å². The number of nitrogens with zero attached hydrogens (tertiary/aromatic N) is 1. The molecule has 0 radical (unpaired) electrons. The van der Waals surface area contributed by atoms with Crippen molar-refractivity contribution >= 4 is 5.69 Å². The van der Waals surface area contributed by atoms with Gasteiger partial charge >= 0.3 is 0 Å². The number of benzene rings is 1. The predicted molar refractivity (Wildman–Crippen MR) is 64.7 cm³/mol. The summed E-state index contributed by atoms with van der Waals surface area (Å²) in [6, 6.07) is 9.02. The van der Waals surface area contributed by atoms with Crippen LogP contribution in [0.5, 0.6) is 0 Å². The monoisotopic (exact) mass is 204 g/mol. The molecule has 0 saturated heterocycles. The summed E-state index contributed by atoms with van der Waals surface area (Å²) in [6.45, 7) is 2.10. The molecule has 82 valence electrons. The molecule has 2 nitrogen and oxygen atoms in total. The molecule has 2 N–H and O–H groups in total. The van der Waals surface area contributed by atoms with E-state index in [1.807, 2.05) is 5.01 Å². The maximum atomic E-state index is 6.15. The van der Waals surface area contributed by atoms with Crippen LogP contribution in [0.25, 0.3) is 0 Å². The Morgan fingerprint density at radius 3 is 2.27 bits per heavy atom. The predicted octanol–water partition coefficient (Wildman–Crippen LogP) is 3.01. The van der Waals surface area contributed by atoms with Gasteiger partial charge in [0.1, 0.15) is 0 Å². The third-order valence-corrected chi connectivity index (χ3v) is 3.30. The highest BCUT2D eigenvalue weighted by molar-refractivity contribution is 5.46. The minimum absolute atomic E-state index is 0.543. The first-order chi connectivity index (χ1) is 7.27. The van der Waals surface area contributed by atoms with Gasteiger partial charge in [-0.25, -0.2) is 5.84 Å². The van der Waals surface area contributed by atoms with Gasteiger partial charge in [0.25, 0.3) is 0 Å². The van der Waals surface area contributed by atoms with E-state index in [0.29, 0.717) is 6.04 Å². The summed E-state index contributed by atoms with van der Waals surface area (Å²) in [7, 11) is 0. The van der Waals surface area contributed by atoms with Crippen LogP contribution in [-0.2, 0) is 0 Å². The van der Waals surface area contributed by atoms with Crippen molar-refractivity contribution in [1.29, 1.82) is 0 Å². The first kappa shape index (κ1) is 10.5. The SMILES string of the molecule is Cc1ccc(N(N)C2CCCCC2)cc1. The smallest absolute Gasteiger partial charge is 0.0520 e. The zero-order chi connectivity index (χ0) is 10.7. The molecule has 1 fully saturated rings. The van der Waals surface area contributed by atoms with E-state index in [0.717, 1.165) is 5.69 Å². The normalized spacial score (nSPS) is 17.7. The molecule has 1 aliphatic carbocycles. The summed E-state index contributed by atoms with van der Waals surface area (Å²) in [5.41, 5.74) is 2.43. The molecular weight excluding hydrogens is 184 g/mol. The molecule has 1 saturated carbocycles. The second-order valence-corrected chi connectivity index (χ2v) is 4.53. The number of rotatable bonds is 2. The Morgan fingerprint density at radius 1 is 1.07 bits per heavy atom. The Hall–Kier alpha value is -1.02. The van der Waals surface area contributed by atoms with E-state index in [-0.39, 0.29) is 0 Å². The third-order valence-electron chi connectivity index (χ3n) is 3.30. The number of hydrogen-bond acceptors (Lipinski definition) is 2. The second kappa shape index (κ2) is 4.67. The van der Waals surface area contributed by atoms with Gasteiger partial charge in [0.15, 0.2) is 0 Å². The number of hydrogen-bond donors (Lipinski definition) is 1. The Kier molecular flexibility index (Phi) is 3.27. The van der Waals surface area contributed by atoms with Gasteiger partial charge in [-0.05, 0) is 31.9 Å². The molecule has 1 aromatic rings. The molecule has 0 aliphatic heterocycles. The number of aryl methyl sites for hydroxylation is 1. The van der Waals surface area contributed by atoms with Crippen molar-refractivity contribution in [1.82, 2.24) is 0 Å². The topological polar surface area (TPSA) is 29.3 Å². The molecule has 0 bridgehead atoms. The molecule has 0 amide bonds. The molecule has 0 heterocycles. The quantitative estimate of drug-likeness (QED) is 0.592. The summed E-state index contributed by atoms with van der Waals surface area (Å²) >= 11 is 0. The maximum Gasteiger partial charge on any atom is 0.0520 e. The van der Waals surface area contributed by atoms with E-state index < -0.39 is 0 Å². The van der Waals surface area contributed by atoms with E-state index in [2.05, 4.69) is 31.2 Å². The van der Waals surface area contributed by atoms with Gasteiger partial charge in [-0.3, -0.25) is 0 Å². The van der Waals surface area contributed by atoms with Crippen molar-refractivity contribution in [2.75, 3.05) is 5.01 Å². The summed E-state index contributed by atoms with van der Waals surface area (Å²) in [6.07, 6.45) is 6.50. The van der Waals surface area contributed by atoms with E-state index in [1.54, 1.807) is 0 Å². The van der Waals surface area contributed by atoms with Gasteiger partial charge in [0.2, 0.25) is 0 Å². The van der Waals surface area contributed by atoms with Crippen LogP contribution in [0.3, 0.4) is 0 Å². The van der Waals surface area contributed by atoms with Gasteiger partial charge in [-0.2, -0.15) is 0 Å². The van der Waals surface area contributed by atoms with Crippen molar-refractivity contribution < 1.29 is 0 Å². The first-order valence-electron chi connectivity index (χ1n) is 5.88. The van der Waals surface area contributed by atoms with Crippen LogP contribution < -0.4 is 10.9 Å². The molecule has 15 heavy (non-hydrogen) atoms. The largest absolute Gasteiger partial charge is 0.308 e. The van der Waals surface area contributed by atoms with E-state index in [4.69, 9.17) is 5.84 Å². The lowest BCUT2D eigenvalue weighted by Gasteiger charge is -2.32. The average Bonchev–Trinajstić information content (AvgIpc) is 2.30. The molecule has 1 aliphatic rings. The fourth-order valence-electron chi connectivity index (χ4n) is 2.29. The lowest BCUT2D eigenvalue weighted by Crippen LogP contribution is -2.42. The van der Waals surface area contributed by atoms with Crippen molar-refractivity contribution in [3.8, 4) is 0 Å². The minimum Gasteiger partial charge on any atom is -0.308 e. The van der Waals surface area contributed by atoms with Crippen LogP contribution in [0.1, 0.15) is 37.7 Å². The fraction of sp³-hybridized carbons (Fsp3) is 0.538. The van der Waals surface area contributed by atoms with Crippen LogP contribution in [0.15, 0.2) is 24.3 Å². The van der Waals surface area contributed by atoms with Crippen LogP contribution in [0, 0.1) is 6.92 Å². The van der Waals surface area contributed by atoms with Crippen LogP contribution in [0.2, 0.25) is 0 Å². The summed E-state index contributed by atoms with van der Waals surface area (Å²) in [5, 5.41) is 1.96. The third kappa shape index (κ3) is 2.51. The van der Waals surface area contributed by atoms with E-state index in [1.165, 1.54) is 37.7 Å². The van der Waals surface area contributed by atoms with Gasteiger partial charge < -0.3 is 5.01 Å². The Morgan fingerprint density at radius 2 is 1.67 bits per heavy atom. The molecule has 0 atom stereocenters. The highest BCUT2D eigenvalue weighted by atomic mass is 15.4. The van der Waals surface area contributed by atoms with Gasteiger partial charge in [-0.15, -0.1) is 0 Å². The number of nitrogens with two attached hydrogens (primary N) is 1.